The van der Waals surface area contributed by atoms with E-state index in [0.717, 1.165) is 28.6 Å². The zero-order valence-electron chi connectivity index (χ0n) is 15.4. The van der Waals surface area contributed by atoms with Crippen LogP contribution in [-0.4, -0.2) is 30.3 Å². The van der Waals surface area contributed by atoms with Gasteiger partial charge in [0.25, 0.3) is 0 Å². The maximum atomic E-state index is 13.5. The Kier molecular flexibility index (Phi) is 7.17. The minimum absolute atomic E-state index is 0.105. The molecule has 160 valence electrons. The summed E-state index contributed by atoms with van der Waals surface area (Å²) in [6.07, 6.45) is -5.42. The molecule has 0 saturated heterocycles. The molecule has 0 aliphatic carbocycles. The topological polar surface area (TPSA) is 98.5 Å². The molecule has 1 N–H and O–H groups in total. The lowest BCUT2D eigenvalue weighted by Gasteiger charge is -2.23. The third-order valence-corrected chi connectivity index (χ3v) is 5.94. The number of hydrogen-bond donors (Lipinski definition) is 1. The van der Waals surface area contributed by atoms with Crippen LogP contribution in [0.4, 0.5) is 17.6 Å². The molecule has 0 aliphatic heterocycles. The zero-order valence-corrected chi connectivity index (χ0v) is 16.2. The summed E-state index contributed by atoms with van der Waals surface area (Å²) >= 11 is 0. The van der Waals surface area contributed by atoms with E-state index in [2.05, 4.69) is 0 Å². The molecule has 0 saturated carbocycles. The number of nitriles is 1. The Labute approximate surface area is 170 Å². The smallest absolute Gasteiger partial charge is 0.417 e. The average molecular weight is 444 g/mol. The number of aliphatic carboxylic acids is 1. The molecule has 30 heavy (non-hydrogen) atoms. The van der Waals surface area contributed by atoms with Gasteiger partial charge in [0, 0.05) is 19.5 Å². The van der Waals surface area contributed by atoms with Crippen LogP contribution in [0.3, 0.4) is 0 Å². The van der Waals surface area contributed by atoms with Gasteiger partial charge in [-0.2, -0.15) is 22.7 Å². The van der Waals surface area contributed by atoms with Crippen molar-refractivity contribution in [3.8, 4) is 6.07 Å². The van der Waals surface area contributed by atoms with Gasteiger partial charge in [0.05, 0.1) is 22.1 Å². The standard InChI is InChI=1S/C19H16F4N2O4S/c20-15-4-1-3-13(9-15)12-25(8-2-5-18(26)27)30(28,29)16-7-6-14(11-24)17(10-16)19(21,22)23/h1,3-4,6-7,9-10H,2,5,8,12H2,(H,26,27). The minimum Gasteiger partial charge on any atom is -0.481 e. The normalized spacial score (nSPS) is 12.0. The van der Waals surface area contributed by atoms with Gasteiger partial charge in [-0.15, -0.1) is 0 Å². The fraction of sp³-hybridized carbons (Fsp3) is 0.263. The first-order chi connectivity index (χ1) is 13.9. The molecule has 11 heteroatoms. The first-order valence-electron chi connectivity index (χ1n) is 8.53. The number of sulfonamides is 1. The molecule has 2 rings (SSSR count). The Hall–Kier alpha value is -2.97. The number of carboxylic acid groups (broad SMARTS) is 1. The van der Waals surface area contributed by atoms with Crippen LogP contribution in [0.5, 0.6) is 0 Å². The summed E-state index contributed by atoms with van der Waals surface area (Å²) in [6, 6.07) is 8.35. The number of carbonyl (C=O) groups is 1. The summed E-state index contributed by atoms with van der Waals surface area (Å²) in [7, 11) is -4.51. The summed E-state index contributed by atoms with van der Waals surface area (Å²) < 4.78 is 79.9. The van der Waals surface area contributed by atoms with Gasteiger partial charge in [0.15, 0.2) is 0 Å². The fourth-order valence-electron chi connectivity index (χ4n) is 2.69. The second-order valence-electron chi connectivity index (χ2n) is 6.28. The van der Waals surface area contributed by atoms with Gasteiger partial charge >= 0.3 is 12.1 Å². The summed E-state index contributed by atoms with van der Waals surface area (Å²) in [5.74, 6) is -1.80. The molecule has 0 radical (unpaired) electrons. The van der Waals surface area contributed by atoms with Gasteiger partial charge in [-0.05, 0) is 42.3 Å². The maximum absolute atomic E-state index is 13.5. The Bertz CT molecular complexity index is 1080. The van der Waals surface area contributed by atoms with E-state index in [1.165, 1.54) is 18.2 Å². The number of alkyl halides is 3. The van der Waals surface area contributed by atoms with Crippen molar-refractivity contribution in [2.45, 2.75) is 30.5 Å². The van der Waals surface area contributed by atoms with Crippen LogP contribution >= 0.6 is 0 Å². The molecule has 0 bridgehead atoms. The van der Waals surface area contributed by atoms with Gasteiger partial charge in [-0.1, -0.05) is 12.1 Å². The third-order valence-electron chi connectivity index (χ3n) is 4.10. The van der Waals surface area contributed by atoms with E-state index in [1.807, 2.05) is 0 Å². The molecule has 0 amide bonds. The van der Waals surface area contributed by atoms with Crippen LogP contribution in [0.2, 0.25) is 0 Å². The van der Waals surface area contributed by atoms with E-state index in [1.54, 1.807) is 0 Å². The highest BCUT2D eigenvalue weighted by atomic mass is 32.2. The van der Waals surface area contributed by atoms with Crippen molar-refractivity contribution in [1.82, 2.24) is 4.31 Å². The van der Waals surface area contributed by atoms with Crippen LogP contribution in [0, 0.1) is 17.1 Å². The SMILES string of the molecule is N#Cc1ccc(S(=O)(=O)N(CCCC(=O)O)Cc2cccc(F)c2)cc1C(F)(F)F. The Morgan fingerprint density at radius 1 is 1.17 bits per heavy atom. The predicted octanol–water partition coefficient (Wildman–Crippen LogP) is 3.77. The van der Waals surface area contributed by atoms with Crippen LogP contribution in [-0.2, 0) is 27.5 Å². The highest BCUT2D eigenvalue weighted by Gasteiger charge is 2.36. The van der Waals surface area contributed by atoms with Gasteiger partial charge < -0.3 is 5.11 Å². The van der Waals surface area contributed by atoms with Gasteiger partial charge in [0.1, 0.15) is 5.82 Å². The summed E-state index contributed by atoms with van der Waals surface area (Å²) in [5.41, 5.74) is -1.90. The van der Waals surface area contributed by atoms with Crippen molar-refractivity contribution >= 4 is 16.0 Å². The first-order valence-corrected chi connectivity index (χ1v) is 9.97. The molecule has 0 spiro atoms. The molecule has 2 aromatic carbocycles. The van der Waals surface area contributed by atoms with Gasteiger partial charge in [0.2, 0.25) is 10.0 Å². The van der Waals surface area contributed by atoms with Crippen LogP contribution in [0.25, 0.3) is 0 Å². The van der Waals surface area contributed by atoms with E-state index in [9.17, 15) is 30.8 Å². The summed E-state index contributed by atoms with van der Waals surface area (Å²) in [6.45, 7) is -0.687. The van der Waals surface area contributed by atoms with Crippen molar-refractivity contribution in [2.75, 3.05) is 6.54 Å². The summed E-state index contributed by atoms with van der Waals surface area (Å²) in [4.78, 5) is 10.0. The van der Waals surface area contributed by atoms with Crippen LogP contribution in [0.1, 0.15) is 29.5 Å². The minimum atomic E-state index is -4.95. The molecule has 0 aliphatic rings. The zero-order chi connectivity index (χ0) is 22.5. The molecule has 0 fully saturated rings. The van der Waals surface area contributed by atoms with Crippen molar-refractivity contribution in [1.29, 1.82) is 5.26 Å². The Morgan fingerprint density at radius 3 is 2.43 bits per heavy atom. The quantitative estimate of drug-likeness (QED) is 0.625. The Morgan fingerprint density at radius 2 is 1.87 bits per heavy atom. The number of halogens is 4. The van der Waals surface area contributed by atoms with E-state index in [-0.39, 0.29) is 31.5 Å². The molecule has 0 unspecified atom stereocenters. The van der Waals surface area contributed by atoms with Crippen molar-refractivity contribution < 1.29 is 35.9 Å². The third kappa shape index (κ3) is 5.77. The second kappa shape index (κ2) is 9.23. The van der Waals surface area contributed by atoms with E-state index in [0.29, 0.717) is 6.07 Å². The fourth-order valence-corrected chi connectivity index (χ4v) is 4.19. The monoisotopic (exact) mass is 444 g/mol. The lowest BCUT2D eigenvalue weighted by molar-refractivity contribution is -0.138. The van der Waals surface area contributed by atoms with Crippen molar-refractivity contribution in [2.24, 2.45) is 0 Å². The van der Waals surface area contributed by atoms with Crippen LogP contribution < -0.4 is 0 Å². The molecular formula is C19H16F4N2O4S. The molecule has 2 aromatic rings. The number of rotatable bonds is 8. The number of hydrogen-bond acceptors (Lipinski definition) is 4. The number of carboxylic acids is 1. The van der Waals surface area contributed by atoms with E-state index in [4.69, 9.17) is 10.4 Å². The average Bonchev–Trinajstić information content (AvgIpc) is 2.65. The van der Waals surface area contributed by atoms with Crippen molar-refractivity contribution in [3.05, 3.63) is 65.0 Å². The van der Waals surface area contributed by atoms with Crippen LogP contribution in [0.15, 0.2) is 47.4 Å². The maximum Gasteiger partial charge on any atom is 0.417 e. The lowest BCUT2D eigenvalue weighted by Crippen LogP contribution is -2.32. The predicted molar refractivity (Wildman–Crippen MR) is 97.0 cm³/mol. The molecule has 0 heterocycles. The number of nitrogens with zero attached hydrogens (tertiary/aromatic N) is 2. The molecule has 0 atom stereocenters. The largest absolute Gasteiger partial charge is 0.481 e. The van der Waals surface area contributed by atoms with E-state index >= 15 is 0 Å². The highest BCUT2D eigenvalue weighted by molar-refractivity contribution is 7.89. The first kappa shape index (κ1) is 23.3. The van der Waals surface area contributed by atoms with Crippen molar-refractivity contribution in [3.63, 3.8) is 0 Å². The molecule has 6 nitrogen and oxygen atoms in total. The number of benzene rings is 2. The second-order valence-corrected chi connectivity index (χ2v) is 8.22. The van der Waals surface area contributed by atoms with Gasteiger partial charge in [-0.3, -0.25) is 4.79 Å². The molecular weight excluding hydrogens is 428 g/mol. The Balaban J connectivity index is 2.47. The van der Waals surface area contributed by atoms with Gasteiger partial charge in [-0.25, -0.2) is 12.8 Å². The summed E-state index contributed by atoms with van der Waals surface area (Å²) in [5, 5.41) is 17.7. The van der Waals surface area contributed by atoms with E-state index < -0.39 is 44.0 Å². The lowest BCUT2D eigenvalue weighted by atomic mass is 10.1. The highest BCUT2D eigenvalue weighted by Crippen LogP contribution is 2.34. The molecule has 0 aromatic heterocycles.